The average Bonchev–Trinajstić information content (AvgIpc) is 2.82. The van der Waals surface area contributed by atoms with Crippen LogP contribution in [-0.2, 0) is 0 Å². The molecule has 4 rings (SSSR count). The molecule has 170 valence electrons. The van der Waals surface area contributed by atoms with Gasteiger partial charge in [-0.2, -0.15) is 0 Å². The molecule has 4 aromatic rings. The second-order valence-electron chi connectivity index (χ2n) is 7.01. The molecule has 2 aromatic heterocycles. The fraction of sp³-hybridized carbons (Fsp3) is 0.182. The Morgan fingerprint density at radius 3 is 2.33 bits per heavy atom. The molecule has 0 aliphatic heterocycles. The van der Waals surface area contributed by atoms with Crippen LogP contribution in [0.15, 0.2) is 55.0 Å². The van der Waals surface area contributed by atoms with Gasteiger partial charge in [0.25, 0.3) is 0 Å². The van der Waals surface area contributed by atoms with E-state index in [1.54, 1.807) is 12.3 Å². The zero-order chi connectivity index (χ0) is 23.2. The summed E-state index contributed by atoms with van der Waals surface area (Å²) in [7, 11) is 0. The van der Waals surface area contributed by atoms with Gasteiger partial charge >= 0.3 is 0 Å². The lowest BCUT2D eigenvalue weighted by atomic mass is 10.2. The van der Waals surface area contributed by atoms with Crippen LogP contribution >= 0.6 is 11.6 Å². The summed E-state index contributed by atoms with van der Waals surface area (Å²) in [5.41, 5.74) is 3.19. The minimum Gasteiger partial charge on any atom is -0.395 e. The third-order valence-corrected chi connectivity index (χ3v) is 5.08. The van der Waals surface area contributed by atoms with E-state index in [0.717, 1.165) is 11.4 Å². The summed E-state index contributed by atoms with van der Waals surface area (Å²) in [4.78, 5) is 19.2. The third kappa shape index (κ3) is 5.43. The summed E-state index contributed by atoms with van der Waals surface area (Å²) < 4.78 is 13.5. The largest absolute Gasteiger partial charge is 0.395 e. The normalized spacial score (nSPS) is 10.9. The van der Waals surface area contributed by atoms with Crippen molar-refractivity contribution >= 4 is 51.5 Å². The Kier molecular flexibility index (Phi) is 7.08. The van der Waals surface area contributed by atoms with Gasteiger partial charge < -0.3 is 25.7 Å². The number of aliphatic hydroxyl groups excluding tert-OH is 2. The predicted octanol–water partition coefficient (Wildman–Crippen LogP) is 3.49. The van der Waals surface area contributed by atoms with E-state index in [4.69, 9.17) is 11.6 Å². The summed E-state index contributed by atoms with van der Waals surface area (Å²) in [6.45, 7) is 0.841. The van der Waals surface area contributed by atoms with Crippen molar-refractivity contribution in [2.45, 2.75) is 0 Å². The summed E-state index contributed by atoms with van der Waals surface area (Å²) in [5, 5.41) is 24.6. The molecule has 0 atom stereocenters. The van der Waals surface area contributed by atoms with Gasteiger partial charge in [0.05, 0.1) is 24.4 Å². The van der Waals surface area contributed by atoms with Gasteiger partial charge in [-0.15, -0.1) is 0 Å². The Hall–Kier alpha value is -3.60. The number of hydrogen-bond donors (Lipinski definition) is 4. The van der Waals surface area contributed by atoms with Crippen molar-refractivity contribution in [2.24, 2.45) is 0 Å². The number of nitrogens with one attached hydrogen (secondary N) is 2. The molecule has 0 fully saturated rings. The maximum absolute atomic E-state index is 13.5. The van der Waals surface area contributed by atoms with E-state index < -0.39 is 5.82 Å². The zero-order valence-corrected chi connectivity index (χ0v) is 18.2. The van der Waals surface area contributed by atoms with Crippen molar-refractivity contribution in [3.63, 3.8) is 0 Å². The molecule has 0 unspecified atom stereocenters. The lowest BCUT2D eigenvalue weighted by Crippen LogP contribution is -2.29. The van der Waals surface area contributed by atoms with E-state index in [1.165, 1.54) is 18.5 Å². The molecule has 0 amide bonds. The number of anilines is 5. The number of benzene rings is 2. The molecule has 0 saturated carbocycles. The Bertz CT molecular complexity index is 1240. The number of halogens is 2. The summed E-state index contributed by atoms with van der Waals surface area (Å²) in [6, 6.07) is 11.7. The lowest BCUT2D eigenvalue weighted by molar-refractivity contribution is 0.281. The molecule has 11 heteroatoms. The van der Waals surface area contributed by atoms with Crippen LogP contribution in [0.3, 0.4) is 0 Å². The first-order valence-corrected chi connectivity index (χ1v) is 10.5. The van der Waals surface area contributed by atoms with Gasteiger partial charge in [-0.3, -0.25) is 0 Å². The quantitative estimate of drug-likeness (QED) is 0.292. The van der Waals surface area contributed by atoms with Crippen molar-refractivity contribution in [1.82, 2.24) is 19.9 Å². The second kappa shape index (κ2) is 10.3. The number of rotatable bonds is 9. The second-order valence-corrected chi connectivity index (χ2v) is 7.42. The van der Waals surface area contributed by atoms with E-state index in [9.17, 15) is 14.6 Å². The summed E-state index contributed by atoms with van der Waals surface area (Å²) in [5.74, 6) is 0.255. The minimum absolute atomic E-state index is 0.00432. The fourth-order valence-corrected chi connectivity index (χ4v) is 3.39. The number of aliphatic hydroxyl groups is 2. The molecule has 0 spiro atoms. The van der Waals surface area contributed by atoms with Gasteiger partial charge in [0.15, 0.2) is 5.82 Å². The molecule has 33 heavy (non-hydrogen) atoms. The first-order chi connectivity index (χ1) is 16.1. The van der Waals surface area contributed by atoms with Crippen molar-refractivity contribution in [2.75, 3.05) is 41.8 Å². The van der Waals surface area contributed by atoms with E-state index in [2.05, 4.69) is 30.6 Å². The van der Waals surface area contributed by atoms with Crippen LogP contribution in [0.4, 0.5) is 33.2 Å². The first kappa shape index (κ1) is 22.6. The van der Waals surface area contributed by atoms with Gasteiger partial charge in [-0.1, -0.05) is 11.6 Å². The molecule has 2 heterocycles. The SMILES string of the molecule is OCCN(CCO)c1ccc(Nc2ncc3ncnc(Nc4ccc(F)c(Cl)c4)c3n2)cc1. The first-order valence-electron chi connectivity index (χ1n) is 10.1. The smallest absolute Gasteiger partial charge is 0.227 e. The minimum atomic E-state index is -0.509. The maximum atomic E-state index is 13.5. The average molecular weight is 470 g/mol. The standard InChI is InChI=1S/C22H21ClFN7O2/c23-17-11-15(3-6-18(17)24)28-21-20-19(26-13-27-21)12-25-22(30-20)29-14-1-4-16(5-2-14)31(7-9-32)8-10-33/h1-6,11-13,32-33H,7-10H2,(H,25,29,30)(H,26,27,28). The van der Waals surface area contributed by atoms with E-state index in [0.29, 0.717) is 41.6 Å². The Labute approximate surface area is 193 Å². The van der Waals surface area contributed by atoms with Crippen LogP contribution in [0.2, 0.25) is 5.02 Å². The van der Waals surface area contributed by atoms with Crippen LogP contribution in [0.5, 0.6) is 0 Å². The molecule has 2 aromatic carbocycles. The predicted molar refractivity (Wildman–Crippen MR) is 126 cm³/mol. The highest BCUT2D eigenvalue weighted by Gasteiger charge is 2.10. The van der Waals surface area contributed by atoms with Crippen LogP contribution in [-0.4, -0.2) is 56.5 Å². The molecular formula is C22H21ClFN7O2. The lowest BCUT2D eigenvalue weighted by Gasteiger charge is -2.23. The van der Waals surface area contributed by atoms with E-state index in [-0.39, 0.29) is 18.2 Å². The number of aromatic nitrogens is 4. The van der Waals surface area contributed by atoms with Crippen LogP contribution in [0.25, 0.3) is 11.0 Å². The Morgan fingerprint density at radius 1 is 0.909 bits per heavy atom. The van der Waals surface area contributed by atoms with Gasteiger partial charge in [-0.05, 0) is 42.5 Å². The van der Waals surface area contributed by atoms with Crippen LogP contribution < -0.4 is 15.5 Å². The van der Waals surface area contributed by atoms with Gasteiger partial charge in [0.2, 0.25) is 5.95 Å². The molecule has 0 aliphatic carbocycles. The summed E-state index contributed by atoms with van der Waals surface area (Å²) >= 11 is 5.87. The number of fused-ring (bicyclic) bond motifs is 1. The third-order valence-electron chi connectivity index (χ3n) is 4.79. The topological polar surface area (TPSA) is 119 Å². The molecule has 0 bridgehead atoms. The highest BCUT2D eigenvalue weighted by Crippen LogP contribution is 2.26. The summed E-state index contributed by atoms with van der Waals surface area (Å²) in [6.07, 6.45) is 2.96. The van der Waals surface area contributed by atoms with Crippen LogP contribution in [0.1, 0.15) is 0 Å². The molecule has 0 radical (unpaired) electrons. The van der Waals surface area contributed by atoms with Crippen molar-refractivity contribution in [3.8, 4) is 0 Å². The zero-order valence-electron chi connectivity index (χ0n) is 17.4. The molecule has 0 saturated heterocycles. The molecule has 9 nitrogen and oxygen atoms in total. The Morgan fingerprint density at radius 2 is 1.64 bits per heavy atom. The molecule has 4 N–H and O–H groups in total. The Balaban J connectivity index is 1.56. The van der Waals surface area contributed by atoms with Gasteiger partial charge in [-0.25, -0.2) is 24.3 Å². The van der Waals surface area contributed by atoms with E-state index in [1.807, 2.05) is 29.2 Å². The van der Waals surface area contributed by atoms with Crippen molar-refractivity contribution in [1.29, 1.82) is 0 Å². The maximum Gasteiger partial charge on any atom is 0.227 e. The van der Waals surface area contributed by atoms with Gasteiger partial charge in [0.1, 0.15) is 23.2 Å². The number of hydrogen-bond acceptors (Lipinski definition) is 9. The van der Waals surface area contributed by atoms with Crippen LogP contribution in [0, 0.1) is 5.82 Å². The molecular weight excluding hydrogens is 449 g/mol. The van der Waals surface area contributed by atoms with Gasteiger partial charge in [0, 0.05) is 30.2 Å². The van der Waals surface area contributed by atoms with Crippen molar-refractivity contribution < 1.29 is 14.6 Å². The molecule has 0 aliphatic rings. The van der Waals surface area contributed by atoms with Crippen molar-refractivity contribution in [3.05, 3.63) is 65.8 Å². The van der Waals surface area contributed by atoms with E-state index >= 15 is 0 Å². The number of nitrogens with zero attached hydrogens (tertiary/aromatic N) is 5. The highest BCUT2D eigenvalue weighted by molar-refractivity contribution is 6.31. The highest BCUT2D eigenvalue weighted by atomic mass is 35.5. The fourth-order valence-electron chi connectivity index (χ4n) is 3.21. The monoisotopic (exact) mass is 469 g/mol.